The average Bonchev–Trinajstić information content (AvgIpc) is 3.05. The normalized spacial score (nSPS) is 16.9. The van der Waals surface area contributed by atoms with Gasteiger partial charge in [-0.05, 0) is 33.6 Å². The van der Waals surface area contributed by atoms with Crippen LogP contribution in [0.1, 0.15) is 33.6 Å². The number of aryl methyl sites for hydroxylation is 1. The minimum Gasteiger partial charge on any atom is -0.449 e. The lowest BCUT2D eigenvalue weighted by Crippen LogP contribution is -2.44. The van der Waals surface area contributed by atoms with Crippen molar-refractivity contribution in [3.8, 4) is 0 Å². The van der Waals surface area contributed by atoms with Gasteiger partial charge in [0.05, 0.1) is 6.61 Å². The van der Waals surface area contributed by atoms with Crippen molar-refractivity contribution < 1.29 is 9.53 Å². The Labute approximate surface area is 168 Å². The Morgan fingerprint density at radius 2 is 2.07 bits per heavy atom. The van der Waals surface area contributed by atoms with Crippen LogP contribution in [-0.2, 0) is 18.3 Å². The van der Waals surface area contributed by atoms with Crippen molar-refractivity contribution in [2.75, 3.05) is 24.6 Å². The first-order valence-corrected chi connectivity index (χ1v) is 9.79. The summed E-state index contributed by atoms with van der Waals surface area (Å²) in [5.74, 6) is 0.571. The van der Waals surface area contributed by atoms with Crippen LogP contribution in [0.3, 0.4) is 0 Å². The van der Waals surface area contributed by atoms with Crippen LogP contribution in [0.15, 0.2) is 21.2 Å². The molecular weight excluding hydrogens is 376 g/mol. The second-order valence-corrected chi connectivity index (χ2v) is 7.51. The van der Waals surface area contributed by atoms with E-state index in [2.05, 4.69) is 4.98 Å². The van der Waals surface area contributed by atoms with E-state index in [-0.39, 0.29) is 23.8 Å². The fourth-order valence-electron chi connectivity index (χ4n) is 3.54. The molecular formula is C19H28N6O4. The maximum absolute atomic E-state index is 13.2. The Balaban J connectivity index is 2.31. The van der Waals surface area contributed by atoms with Gasteiger partial charge < -0.3 is 19.9 Å². The van der Waals surface area contributed by atoms with Crippen LogP contribution >= 0.6 is 0 Å². The van der Waals surface area contributed by atoms with E-state index in [1.165, 1.54) is 11.6 Å². The topological polar surface area (TPSA) is 117 Å². The van der Waals surface area contributed by atoms with Gasteiger partial charge in [0.15, 0.2) is 11.2 Å². The number of aromatic nitrogens is 4. The minimum absolute atomic E-state index is 0.0143. The molecule has 0 aliphatic carbocycles. The fraction of sp³-hybridized carbons (Fsp3) is 0.579. The first-order valence-electron chi connectivity index (χ1n) is 9.79. The van der Waals surface area contributed by atoms with E-state index in [1.54, 1.807) is 11.5 Å². The summed E-state index contributed by atoms with van der Waals surface area (Å²) in [5, 5.41) is 0. The highest BCUT2D eigenvalue weighted by atomic mass is 16.5. The summed E-state index contributed by atoms with van der Waals surface area (Å²) in [5.41, 5.74) is 6.11. The minimum atomic E-state index is -0.989. The molecule has 0 bridgehead atoms. The molecule has 1 saturated heterocycles. The van der Waals surface area contributed by atoms with Gasteiger partial charge in [-0.15, -0.1) is 0 Å². The fourth-order valence-corrected chi connectivity index (χ4v) is 3.54. The van der Waals surface area contributed by atoms with E-state index >= 15 is 0 Å². The molecule has 0 amide bonds. The summed E-state index contributed by atoms with van der Waals surface area (Å²) in [4.78, 5) is 44.8. The highest BCUT2D eigenvalue weighted by molar-refractivity contribution is 5.79. The van der Waals surface area contributed by atoms with Crippen molar-refractivity contribution in [1.29, 1.82) is 0 Å². The number of carbonyl (C=O) groups excluding carboxylic acids is 1. The number of ether oxygens (including phenoxy) is 1. The first kappa shape index (κ1) is 20.8. The van der Waals surface area contributed by atoms with Crippen molar-refractivity contribution in [2.45, 2.75) is 46.2 Å². The molecule has 29 heavy (non-hydrogen) atoms. The number of imidazole rings is 1. The van der Waals surface area contributed by atoms with E-state index < -0.39 is 17.3 Å². The van der Waals surface area contributed by atoms with Crippen LogP contribution in [0.5, 0.6) is 0 Å². The summed E-state index contributed by atoms with van der Waals surface area (Å²) in [6, 6.07) is 0.0143. The lowest BCUT2D eigenvalue weighted by atomic mass is 10.1. The molecule has 2 aromatic rings. The molecule has 3 heterocycles. The number of nitrogens with zero attached hydrogens (tertiary/aromatic N) is 5. The van der Waals surface area contributed by atoms with Crippen molar-refractivity contribution in [2.24, 2.45) is 12.8 Å². The molecule has 0 saturated carbocycles. The maximum atomic E-state index is 13.2. The second-order valence-electron chi connectivity index (χ2n) is 7.51. The number of nitrogens with two attached hydrogens (primary N) is 1. The number of piperidine rings is 1. The van der Waals surface area contributed by atoms with Crippen molar-refractivity contribution in [3.05, 3.63) is 32.5 Å². The molecule has 1 aliphatic heterocycles. The number of hydrogen-bond donors (Lipinski definition) is 1. The van der Waals surface area contributed by atoms with Crippen LogP contribution in [0, 0.1) is 0 Å². The van der Waals surface area contributed by atoms with Gasteiger partial charge >= 0.3 is 11.8 Å². The molecule has 2 aromatic heterocycles. The van der Waals surface area contributed by atoms with Crippen LogP contribution in [0.25, 0.3) is 11.2 Å². The number of fused-ring (bicyclic) bond motifs is 1. The molecule has 0 radical (unpaired) electrons. The SMILES string of the molecule is CCOC(=O)n1c(=O)c2c(nc(N3CCCC(N)C3)n2CC=C(C)C)n(C)c1=O. The van der Waals surface area contributed by atoms with Gasteiger partial charge in [-0.2, -0.15) is 9.55 Å². The van der Waals surface area contributed by atoms with E-state index in [1.807, 2.05) is 24.8 Å². The second kappa shape index (κ2) is 8.24. The number of carbonyl (C=O) groups is 1. The predicted octanol–water partition coefficient (Wildman–Crippen LogP) is 0.795. The largest absolute Gasteiger partial charge is 0.449 e. The quantitative estimate of drug-likeness (QED) is 0.749. The van der Waals surface area contributed by atoms with Gasteiger partial charge in [0.1, 0.15) is 0 Å². The highest BCUT2D eigenvalue weighted by Gasteiger charge is 2.27. The molecule has 1 aliphatic rings. The lowest BCUT2D eigenvalue weighted by Gasteiger charge is -2.31. The molecule has 158 valence electrons. The van der Waals surface area contributed by atoms with Crippen LogP contribution < -0.4 is 21.9 Å². The van der Waals surface area contributed by atoms with E-state index in [9.17, 15) is 14.4 Å². The molecule has 2 N–H and O–H groups in total. The lowest BCUT2D eigenvalue weighted by molar-refractivity contribution is 0.151. The number of anilines is 1. The first-order chi connectivity index (χ1) is 13.8. The summed E-state index contributed by atoms with van der Waals surface area (Å²) in [6.07, 6.45) is 2.82. The average molecular weight is 404 g/mol. The van der Waals surface area contributed by atoms with Gasteiger partial charge in [-0.3, -0.25) is 9.36 Å². The van der Waals surface area contributed by atoms with Crippen molar-refractivity contribution in [3.63, 3.8) is 0 Å². The Bertz CT molecular complexity index is 1070. The zero-order chi connectivity index (χ0) is 21.3. The number of hydrogen-bond acceptors (Lipinski definition) is 7. The number of allylic oxidation sites excluding steroid dienone is 2. The molecule has 1 atom stereocenters. The van der Waals surface area contributed by atoms with Crippen molar-refractivity contribution >= 4 is 23.2 Å². The summed E-state index contributed by atoms with van der Waals surface area (Å²) < 4.78 is 8.39. The Hall–Kier alpha value is -2.88. The molecule has 1 unspecified atom stereocenters. The van der Waals surface area contributed by atoms with Gasteiger partial charge in [-0.1, -0.05) is 11.6 Å². The molecule has 10 heteroatoms. The Kier molecular flexibility index (Phi) is 5.92. The molecule has 0 aromatic carbocycles. The van der Waals surface area contributed by atoms with Gasteiger partial charge in [-0.25, -0.2) is 9.59 Å². The molecule has 3 rings (SSSR count). The van der Waals surface area contributed by atoms with Gasteiger partial charge in [0.25, 0.3) is 5.56 Å². The third kappa shape index (κ3) is 3.84. The maximum Gasteiger partial charge on any atom is 0.425 e. The van der Waals surface area contributed by atoms with E-state index in [0.29, 0.717) is 23.6 Å². The van der Waals surface area contributed by atoms with Crippen molar-refractivity contribution in [1.82, 2.24) is 18.7 Å². The van der Waals surface area contributed by atoms with E-state index in [4.69, 9.17) is 10.5 Å². The third-order valence-corrected chi connectivity index (χ3v) is 5.00. The predicted molar refractivity (Wildman–Crippen MR) is 111 cm³/mol. The zero-order valence-electron chi connectivity index (χ0n) is 17.3. The molecule has 0 spiro atoms. The van der Waals surface area contributed by atoms with Gasteiger partial charge in [0.2, 0.25) is 5.95 Å². The van der Waals surface area contributed by atoms with E-state index in [0.717, 1.165) is 25.0 Å². The van der Waals surface area contributed by atoms with Gasteiger partial charge in [0, 0.05) is 32.7 Å². The standard InChI is InChI=1S/C19H28N6O4/c1-5-29-19(28)25-16(26)14-15(22(4)18(25)27)21-17(24(14)10-8-12(2)3)23-9-6-7-13(20)11-23/h8,13H,5-7,9-11,20H2,1-4H3. The monoisotopic (exact) mass is 404 g/mol. The summed E-state index contributed by atoms with van der Waals surface area (Å²) in [6.45, 7) is 7.34. The smallest absolute Gasteiger partial charge is 0.425 e. The molecule has 1 fully saturated rings. The third-order valence-electron chi connectivity index (χ3n) is 5.00. The zero-order valence-corrected chi connectivity index (χ0v) is 17.3. The van der Waals surface area contributed by atoms with Crippen LogP contribution in [-0.4, -0.2) is 50.5 Å². The Morgan fingerprint density at radius 1 is 1.34 bits per heavy atom. The molecule has 10 nitrogen and oxygen atoms in total. The number of rotatable bonds is 4. The van der Waals surface area contributed by atoms with Crippen LogP contribution in [0.4, 0.5) is 10.7 Å². The summed E-state index contributed by atoms with van der Waals surface area (Å²) >= 11 is 0. The van der Waals surface area contributed by atoms with Crippen LogP contribution in [0.2, 0.25) is 0 Å². The Morgan fingerprint density at radius 3 is 2.69 bits per heavy atom. The highest BCUT2D eigenvalue weighted by Crippen LogP contribution is 2.23. The summed E-state index contributed by atoms with van der Waals surface area (Å²) in [7, 11) is 1.49.